The number of anilines is 1. The summed E-state index contributed by atoms with van der Waals surface area (Å²) in [7, 11) is 1.34. The molecular formula is C25H33N9O7S. The van der Waals surface area contributed by atoms with Gasteiger partial charge in [-0.1, -0.05) is 0 Å². The number of carboxylic acids is 1. The smallest absolute Gasteiger partial charge is 0.303 e. The van der Waals surface area contributed by atoms with E-state index >= 15 is 0 Å². The number of thiazole rings is 1. The predicted octanol–water partition coefficient (Wildman–Crippen LogP) is -0.853. The van der Waals surface area contributed by atoms with Crippen LogP contribution in [0.15, 0.2) is 23.2 Å². The second kappa shape index (κ2) is 17.1. The molecule has 226 valence electrons. The first-order valence-electron chi connectivity index (χ1n) is 12.8. The number of carbonyl (C=O) groups is 5. The van der Waals surface area contributed by atoms with Gasteiger partial charge in [0.1, 0.15) is 24.8 Å². The van der Waals surface area contributed by atoms with Crippen LogP contribution in [-0.2, 0) is 28.7 Å². The molecule has 0 saturated heterocycles. The van der Waals surface area contributed by atoms with Crippen molar-refractivity contribution in [2.24, 2.45) is 16.5 Å². The summed E-state index contributed by atoms with van der Waals surface area (Å²) in [5.41, 5.74) is 11.7. The molecule has 1 heterocycles. The zero-order valence-corrected chi connectivity index (χ0v) is 23.7. The Kier molecular flexibility index (Phi) is 13.6. The van der Waals surface area contributed by atoms with E-state index in [0.717, 1.165) is 11.3 Å². The number of benzene rings is 1. The molecule has 2 atom stereocenters. The molecule has 9 N–H and O–H groups in total. The molecule has 1 aromatic heterocycles. The Labute approximate surface area is 244 Å². The maximum absolute atomic E-state index is 13.2. The minimum atomic E-state index is -1.27. The van der Waals surface area contributed by atoms with Crippen LogP contribution in [-0.4, -0.2) is 84.5 Å². The number of aliphatic carboxylic acids is 1. The quantitative estimate of drug-likeness (QED) is 0.0665. The lowest BCUT2D eigenvalue weighted by molar-refractivity contribution is -0.138. The first-order valence-corrected chi connectivity index (χ1v) is 13.6. The summed E-state index contributed by atoms with van der Waals surface area (Å²) in [6.07, 6.45) is -0.426. The number of amides is 4. The van der Waals surface area contributed by atoms with Crippen molar-refractivity contribution in [3.8, 4) is 6.07 Å². The van der Waals surface area contributed by atoms with Gasteiger partial charge in [0.2, 0.25) is 23.6 Å². The zero-order chi connectivity index (χ0) is 31.1. The molecule has 4 amide bonds. The number of carbonyl (C=O) groups excluding carboxylic acids is 4. The number of aromatic nitrogens is 1. The number of ether oxygens (including phenoxy) is 1. The highest BCUT2D eigenvalue weighted by Crippen LogP contribution is 2.25. The number of nitriles is 1. The number of guanidine groups is 1. The van der Waals surface area contributed by atoms with Crippen molar-refractivity contribution in [3.63, 3.8) is 0 Å². The van der Waals surface area contributed by atoms with Crippen molar-refractivity contribution in [2.75, 3.05) is 32.1 Å². The van der Waals surface area contributed by atoms with Gasteiger partial charge in [-0.15, -0.1) is 11.3 Å². The van der Waals surface area contributed by atoms with Crippen molar-refractivity contribution >= 4 is 62.8 Å². The lowest BCUT2D eigenvalue weighted by atomic mass is 10.1. The van der Waals surface area contributed by atoms with Crippen LogP contribution in [0.5, 0.6) is 0 Å². The highest BCUT2D eigenvalue weighted by atomic mass is 32.1. The molecule has 16 nitrogen and oxygen atoms in total. The second-order valence-corrected chi connectivity index (χ2v) is 9.93. The number of fused-ring (bicyclic) bond motifs is 1. The van der Waals surface area contributed by atoms with Gasteiger partial charge in [0.15, 0.2) is 11.0 Å². The average Bonchev–Trinajstić information content (AvgIpc) is 3.35. The number of nitrogens with two attached hydrogens (primary N) is 2. The van der Waals surface area contributed by atoms with Gasteiger partial charge < -0.3 is 42.6 Å². The number of hydrogen-bond donors (Lipinski definition) is 7. The molecule has 0 spiro atoms. The maximum atomic E-state index is 13.2. The van der Waals surface area contributed by atoms with E-state index in [9.17, 15) is 24.0 Å². The third-order valence-electron chi connectivity index (χ3n) is 5.58. The van der Waals surface area contributed by atoms with Crippen LogP contribution in [0.25, 0.3) is 10.2 Å². The van der Waals surface area contributed by atoms with E-state index < -0.39 is 48.1 Å². The Hall–Kier alpha value is -4.82. The van der Waals surface area contributed by atoms with Crippen LogP contribution < -0.4 is 32.7 Å². The maximum Gasteiger partial charge on any atom is 0.303 e. The lowest BCUT2D eigenvalue weighted by Crippen LogP contribution is -2.53. The minimum Gasteiger partial charge on any atom is -0.481 e. The summed E-state index contributed by atoms with van der Waals surface area (Å²) in [4.78, 5) is 69.6. The van der Waals surface area contributed by atoms with Crippen molar-refractivity contribution in [3.05, 3.63) is 23.2 Å². The Morgan fingerprint density at radius 2 is 1.83 bits per heavy atom. The molecule has 0 unspecified atom stereocenters. The van der Waals surface area contributed by atoms with Crippen LogP contribution in [0.2, 0.25) is 0 Å². The van der Waals surface area contributed by atoms with E-state index in [0.29, 0.717) is 22.3 Å². The van der Waals surface area contributed by atoms with Gasteiger partial charge in [-0.05, 0) is 37.5 Å². The standard InChI is InChI=1S/C25H33N9O7S/c1-41-13-20(36)29-10-8-19(35)32-17(6-7-22(37)38)24(40)34-16(3-2-9-30-25(27)28)23(39)31-14-4-5-15-18(11-14)42-21(12-26)33-15/h4-5,11,16-17H,2-3,6-10,13H2,1H3,(H,29,36)(H,31,39)(H,32,35)(H,34,40)(H,37,38)(H4,27,28,30)/t16-,17-/m0/s1. The molecule has 2 rings (SSSR count). The Morgan fingerprint density at radius 1 is 1.10 bits per heavy atom. The largest absolute Gasteiger partial charge is 0.481 e. The molecule has 0 bridgehead atoms. The minimum absolute atomic E-state index is 0.0307. The molecule has 0 aliphatic rings. The Morgan fingerprint density at radius 3 is 2.50 bits per heavy atom. The lowest BCUT2D eigenvalue weighted by Gasteiger charge is -2.23. The summed E-state index contributed by atoms with van der Waals surface area (Å²) in [6, 6.07) is 4.48. The molecule has 17 heteroatoms. The summed E-state index contributed by atoms with van der Waals surface area (Å²) >= 11 is 1.15. The van der Waals surface area contributed by atoms with Crippen LogP contribution in [0.3, 0.4) is 0 Å². The first-order chi connectivity index (χ1) is 20.0. The van der Waals surface area contributed by atoms with Gasteiger partial charge >= 0.3 is 5.97 Å². The van der Waals surface area contributed by atoms with Crippen molar-refractivity contribution in [1.29, 1.82) is 5.26 Å². The predicted molar refractivity (Wildman–Crippen MR) is 153 cm³/mol. The highest BCUT2D eigenvalue weighted by Gasteiger charge is 2.27. The fourth-order valence-corrected chi connectivity index (χ4v) is 4.43. The van der Waals surface area contributed by atoms with Gasteiger partial charge in [0.05, 0.1) is 10.2 Å². The number of methoxy groups -OCH3 is 1. The summed E-state index contributed by atoms with van der Waals surface area (Å²) in [5, 5.41) is 28.7. The van der Waals surface area contributed by atoms with Crippen LogP contribution >= 0.6 is 11.3 Å². The van der Waals surface area contributed by atoms with E-state index in [-0.39, 0.29) is 49.9 Å². The molecule has 2 aromatic rings. The topological polar surface area (TPSA) is 264 Å². The van der Waals surface area contributed by atoms with E-state index in [1.54, 1.807) is 18.2 Å². The van der Waals surface area contributed by atoms with Gasteiger partial charge in [-0.2, -0.15) is 5.26 Å². The number of nitrogens with one attached hydrogen (secondary N) is 4. The van der Waals surface area contributed by atoms with E-state index in [1.165, 1.54) is 7.11 Å². The zero-order valence-electron chi connectivity index (χ0n) is 22.8. The normalized spacial score (nSPS) is 11.9. The van der Waals surface area contributed by atoms with E-state index in [1.807, 2.05) is 6.07 Å². The van der Waals surface area contributed by atoms with Gasteiger partial charge in [-0.25, -0.2) is 4.98 Å². The third kappa shape index (κ3) is 11.7. The van der Waals surface area contributed by atoms with Crippen molar-refractivity contribution in [2.45, 2.75) is 44.2 Å². The molecule has 0 aliphatic heterocycles. The number of rotatable bonds is 17. The van der Waals surface area contributed by atoms with Gasteiger partial charge in [-0.3, -0.25) is 29.0 Å². The highest BCUT2D eigenvalue weighted by molar-refractivity contribution is 7.19. The molecule has 0 saturated carbocycles. The Balaban J connectivity index is 2.14. The van der Waals surface area contributed by atoms with Gasteiger partial charge in [0.25, 0.3) is 0 Å². The van der Waals surface area contributed by atoms with E-state index in [2.05, 4.69) is 36.0 Å². The van der Waals surface area contributed by atoms with E-state index in [4.69, 9.17) is 21.8 Å². The first kappa shape index (κ1) is 33.4. The van der Waals surface area contributed by atoms with Crippen molar-refractivity contribution in [1.82, 2.24) is 20.9 Å². The fourth-order valence-electron chi connectivity index (χ4n) is 3.62. The number of nitrogens with zero attached hydrogens (tertiary/aromatic N) is 3. The summed E-state index contributed by atoms with van der Waals surface area (Å²) in [6.45, 7) is -0.0341. The van der Waals surface area contributed by atoms with Crippen molar-refractivity contribution < 1.29 is 33.8 Å². The number of aliphatic imine (C=N–C) groups is 1. The number of carboxylic acid groups (broad SMARTS) is 1. The SMILES string of the molecule is COCC(=O)NCCC(=O)N[C@@H](CCC(=O)O)C(=O)N[C@@H](CCCN=C(N)N)C(=O)Nc1ccc2nc(C#N)sc2c1. The monoisotopic (exact) mass is 603 g/mol. The summed E-state index contributed by atoms with van der Waals surface area (Å²) < 4.78 is 5.36. The molecule has 42 heavy (non-hydrogen) atoms. The summed E-state index contributed by atoms with van der Waals surface area (Å²) in [5.74, 6) is -3.71. The van der Waals surface area contributed by atoms with Crippen LogP contribution in [0.1, 0.15) is 37.1 Å². The molecule has 0 fully saturated rings. The van der Waals surface area contributed by atoms with Crippen LogP contribution in [0.4, 0.5) is 5.69 Å². The fraction of sp³-hybridized carbons (Fsp3) is 0.440. The molecule has 0 radical (unpaired) electrons. The Bertz CT molecular complexity index is 1350. The van der Waals surface area contributed by atoms with Crippen LogP contribution in [0, 0.1) is 11.3 Å². The molecule has 0 aliphatic carbocycles. The molecule has 1 aromatic carbocycles. The average molecular weight is 604 g/mol. The second-order valence-electron chi connectivity index (χ2n) is 8.90. The molecular weight excluding hydrogens is 570 g/mol. The van der Waals surface area contributed by atoms with Gasteiger partial charge in [0, 0.05) is 38.7 Å². The third-order valence-corrected chi connectivity index (χ3v) is 6.50. The number of hydrogen-bond acceptors (Lipinski definition) is 10.